The average molecular weight is 237 g/mol. The summed E-state index contributed by atoms with van der Waals surface area (Å²) >= 11 is 0. The Bertz CT molecular complexity index is 368. The number of fused-ring (bicyclic) bond motifs is 1. The van der Waals surface area contributed by atoms with Crippen molar-refractivity contribution >= 4 is 0 Å². The van der Waals surface area contributed by atoms with Gasteiger partial charge >= 0.3 is 0 Å². The van der Waals surface area contributed by atoms with Gasteiger partial charge in [-0.2, -0.15) is 0 Å². The number of nitrogens with zero attached hydrogens (tertiary/aromatic N) is 1. The summed E-state index contributed by atoms with van der Waals surface area (Å²) in [7, 11) is 3.72. The predicted molar refractivity (Wildman–Crippen MR) is 65.4 cm³/mol. The lowest BCUT2D eigenvalue weighted by Gasteiger charge is -2.16. The lowest BCUT2D eigenvalue weighted by atomic mass is 10.2. The molecule has 4 nitrogen and oxygen atoms in total. The van der Waals surface area contributed by atoms with Crippen LogP contribution in [0, 0.1) is 0 Å². The fourth-order valence-corrected chi connectivity index (χ4v) is 1.88. The summed E-state index contributed by atoms with van der Waals surface area (Å²) < 4.78 is 16.3. The first-order valence-corrected chi connectivity index (χ1v) is 5.85. The number of methoxy groups -OCH3 is 1. The summed E-state index contributed by atoms with van der Waals surface area (Å²) in [5.41, 5.74) is 1.20. The highest BCUT2D eigenvalue weighted by molar-refractivity contribution is 5.43. The van der Waals surface area contributed by atoms with Crippen LogP contribution >= 0.6 is 0 Å². The third-order valence-electron chi connectivity index (χ3n) is 2.61. The Morgan fingerprint density at radius 2 is 2.00 bits per heavy atom. The first kappa shape index (κ1) is 12.2. The molecule has 0 fully saturated rings. The summed E-state index contributed by atoms with van der Waals surface area (Å²) in [6, 6.07) is 6.10. The van der Waals surface area contributed by atoms with Gasteiger partial charge < -0.3 is 14.2 Å². The van der Waals surface area contributed by atoms with E-state index >= 15 is 0 Å². The van der Waals surface area contributed by atoms with E-state index in [1.165, 1.54) is 5.56 Å². The van der Waals surface area contributed by atoms with Crippen molar-refractivity contribution in [1.82, 2.24) is 4.90 Å². The zero-order chi connectivity index (χ0) is 12.1. The summed E-state index contributed by atoms with van der Waals surface area (Å²) in [6.45, 7) is 2.92. The Labute approximate surface area is 102 Å². The van der Waals surface area contributed by atoms with Crippen LogP contribution < -0.4 is 9.47 Å². The Morgan fingerprint density at radius 3 is 2.76 bits per heavy atom. The van der Waals surface area contributed by atoms with Crippen LogP contribution in [0.15, 0.2) is 18.2 Å². The van der Waals surface area contributed by atoms with Gasteiger partial charge in [0.05, 0.1) is 19.9 Å². The van der Waals surface area contributed by atoms with Crippen molar-refractivity contribution in [2.45, 2.75) is 13.0 Å². The molecule has 1 aliphatic rings. The molecule has 0 spiro atoms. The van der Waals surface area contributed by atoms with Crippen LogP contribution in [0.1, 0.15) is 12.0 Å². The molecule has 0 saturated heterocycles. The van der Waals surface area contributed by atoms with Crippen LogP contribution in [0.4, 0.5) is 0 Å². The van der Waals surface area contributed by atoms with Gasteiger partial charge in [0, 0.05) is 20.1 Å². The van der Waals surface area contributed by atoms with Gasteiger partial charge in [0.1, 0.15) is 0 Å². The van der Waals surface area contributed by atoms with Gasteiger partial charge in [-0.05, 0) is 24.7 Å². The van der Waals surface area contributed by atoms with E-state index in [0.29, 0.717) is 6.73 Å². The maximum Gasteiger partial charge on any atom is 0.161 e. The van der Waals surface area contributed by atoms with Crippen molar-refractivity contribution in [1.29, 1.82) is 0 Å². The number of benzene rings is 1. The maximum absolute atomic E-state index is 5.66. The molecule has 0 aromatic heterocycles. The minimum Gasteiger partial charge on any atom is -0.490 e. The Hall–Kier alpha value is -1.26. The summed E-state index contributed by atoms with van der Waals surface area (Å²) in [6.07, 6.45) is 0.938. The lowest BCUT2D eigenvalue weighted by Crippen LogP contribution is -2.20. The van der Waals surface area contributed by atoms with Crippen LogP contribution in [0.25, 0.3) is 0 Å². The van der Waals surface area contributed by atoms with E-state index in [1.54, 1.807) is 7.11 Å². The molecule has 0 N–H and O–H groups in total. The Morgan fingerprint density at radius 1 is 1.24 bits per heavy atom. The second kappa shape index (κ2) is 5.89. The fourth-order valence-electron chi connectivity index (χ4n) is 1.88. The molecule has 0 radical (unpaired) electrons. The summed E-state index contributed by atoms with van der Waals surface area (Å²) in [5.74, 6) is 1.70. The first-order valence-electron chi connectivity index (χ1n) is 5.85. The van der Waals surface area contributed by atoms with Crippen molar-refractivity contribution in [3.05, 3.63) is 23.8 Å². The fraction of sp³-hybridized carbons (Fsp3) is 0.538. The van der Waals surface area contributed by atoms with E-state index < -0.39 is 0 Å². The van der Waals surface area contributed by atoms with E-state index in [1.807, 2.05) is 19.2 Å². The van der Waals surface area contributed by atoms with Crippen LogP contribution in [-0.2, 0) is 11.3 Å². The molecular formula is C13H19NO3. The zero-order valence-corrected chi connectivity index (χ0v) is 10.4. The van der Waals surface area contributed by atoms with Gasteiger partial charge in [-0.15, -0.1) is 0 Å². The average Bonchev–Trinajstić information content (AvgIpc) is 2.53. The van der Waals surface area contributed by atoms with Crippen molar-refractivity contribution < 1.29 is 14.2 Å². The van der Waals surface area contributed by atoms with Gasteiger partial charge in [-0.1, -0.05) is 6.07 Å². The van der Waals surface area contributed by atoms with Crippen LogP contribution in [0.2, 0.25) is 0 Å². The van der Waals surface area contributed by atoms with Crippen molar-refractivity contribution in [3.63, 3.8) is 0 Å². The second-order valence-corrected chi connectivity index (χ2v) is 4.26. The third-order valence-corrected chi connectivity index (χ3v) is 2.61. The molecule has 1 aromatic rings. The first-order chi connectivity index (χ1) is 8.29. The van der Waals surface area contributed by atoms with Crippen molar-refractivity contribution in [2.75, 3.05) is 34.1 Å². The SMILES string of the molecule is COCN(C)Cc1ccc2c(c1)OCCCO2. The van der Waals surface area contributed by atoms with E-state index in [0.717, 1.165) is 37.7 Å². The molecule has 1 heterocycles. The summed E-state index contributed by atoms with van der Waals surface area (Å²) in [4.78, 5) is 2.10. The minimum atomic E-state index is 0.619. The predicted octanol–water partition coefficient (Wildman–Crippen LogP) is 1.88. The number of rotatable bonds is 4. The summed E-state index contributed by atoms with van der Waals surface area (Å²) in [5, 5.41) is 0. The quantitative estimate of drug-likeness (QED) is 0.748. The monoisotopic (exact) mass is 237 g/mol. The van der Waals surface area contributed by atoms with Crippen LogP contribution in [-0.4, -0.2) is 39.0 Å². The standard InChI is InChI=1S/C13H19NO3/c1-14(10-15-2)9-11-4-5-12-13(8-11)17-7-3-6-16-12/h4-5,8H,3,6-7,9-10H2,1-2H3. The van der Waals surface area contributed by atoms with E-state index in [2.05, 4.69) is 11.0 Å². The molecule has 17 heavy (non-hydrogen) atoms. The molecule has 94 valence electrons. The number of hydrogen-bond acceptors (Lipinski definition) is 4. The molecule has 0 saturated carbocycles. The Balaban J connectivity index is 2.07. The number of ether oxygens (including phenoxy) is 3. The molecule has 0 bridgehead atoms. The van der Waals surface area contributed by atoms with Gasteiger partial charge in [-0.3, -0.25) is 4.90 Å². The smallest absolute Gasteiger partial charge is 0.161 e. The molecule has 0 aliphatic carbocycles. The highest BCUT2D eigenvalue weighted by atomic mass is 16.5. The lowest BCUT2D eigenvalue weighted by molar-refractivity contribution is 0.0771. The normalized spacial score (nSPS) is 14.8. The molecular weight excluding hydrogens is 218 g/mol. The largest absolute Gasteiger partial charge is 0.490 e. The molecule has 4 heteroatoms. The van der Waals surface area contributed by atoms with Crippen LogP contribution in [0.5, 0.6) is 11.5 Å². The molecule has 1 aliphatic heterocycles. The van der Waals surface area contributed by atoms with Gasteiger partial charge in [0.25, 0.3) is 0 Å². The van der Waals surface area contributed by atoms with E-state index in [4.69, 9.17) is 14.2 Å². The Kier molecular flexibility index (Phi) is 4.23. The van der Waals surface area contributed by atoms with Gasteiger partial charge in [-0.25, -0.2) is 0 Å². The number of hydrogen-bond donors (Lipinski definition) is 0. The van der Waals surface area contributed by atoms with E-state index in [-0.39, 0.29) is 0 Å². The molecule has 2 rings (SSSR count). The third kappa shape index (κ3) is 3.35. The second-order valence-electron chi connectivity index (χ2n) is 4.26. The highest BCUT2D eigenvalue weighted by Crippen LogP contribution is 2.30. The molecule has 0 amide bonds. The van der Waals surface area contributed by atoms with Gasteiger partial charge in [0.15, 0.2) is 11.5 Å². The van der Waals surface area contributed by atoms with Gasteiger partial charge in [0.2, 0.25) is 0 Å². The minimum absolute atomic E-state index is 0.619. The molecule has 1 aromatic carbocycles. The zero-order valence-electron chi connectivity index (χ0n) is 10.4. The van der Waals surface area contributed by atoms with E-state index in [9.17, 15) is 0 Å². The highest BCUT2D eigenvalue weighted by Gasteiger charge is 2.11. The topological polar surface area (TPSA) is 30.9 Å². The van der Waals surface area contributed by atoms with Crippen molar-refractivity contribution in [3.8, 4) is 11.5 Å². The maximum atomic E-state index is 5.66. The molecule has 0 atom stereocenters. The van der Waals surface area contributed by atoms with Crippen molar-refractivity contribution in [2.24, 2.45) is 0 Å². The van der Waals surface area contributed by atoms with Crippen LogP contribution in [0.3, 0.4) is 0 Å². The molecule has 0 unspecified atom stereocenters.